The molecule has 0 amide bonds. The minimum absolute atomic E-state index is 0.0776. The van der Waals surface area contributed by atoms with Crippen LogP contribution >= 0.6 is 0 Å². The van der Waals surface area contributed by atoms with E-state index in [9.17, 15) is 5.11 Å². The van der Waals surface area contributed by atoms with Gasteiger partial charge in [0, 0.05) is 6.54 Å². The van der Waals surface area contributed by atoms with Crippen molar-refractivity contribution in [1.82, 2.24) is 10.2 Å². The van der Waals surface area contributed by atoms with Crippen LogP contribution in [0.3, 0.4) is 0 Å². The van der Waals surface area contributed by atoms with Gasteiger partial charge in [0.15, 0.2) is 5.82 Å². The molecule has 0 radical (unpaired) electrons. The van der Waals surface area contributed by atoms with Gasteiger partial charge in [0.2, 0.25) is 0 Å². The lowest BCUT2D eigenvalue weighted by Gasteiger charge is -2.23. The van der Waals surface area contributed by atoms with Gasteiger partial charge in [-0.2, -0.15) is 10.4 Å². The molecule has 1 saturated heterocycles. The molecule has 1 unspecified atom stereocenters. The maximum absolute atomic E-state index is 9.19. The Morgan fingerprint density at radius 1 is 1.67 bits per heavy atom. The van der Waals surface area contributed by atoms with E-state index in [1.54, 1.807) is 6.07 Å². The van der Waals surface area contributed by atoms with Gasteiger partial charge >= 0.3 is 0 Å². The first kappa shape index (κ1) is 9.87. The predicted octanol–water partition coefficient (Wildman–Crippen LogP) is 0.309. The van der Waals surface area contributed by atoms with Gasteiger partial charge in [-0.15, -0.1) is 5.10 Å². The van der Waals surface area contributed by atoms with Crippen LogP contribution in [-0.2, 0) is 0 Å². The van der Waals surface area contributed by atoms with Crippen LogP contribution in [0.4, 0.5) is 5.82 Å². The summed E-state index contributed by atoms with van der Waals surface area (Å²) in [6, 6.07) is 3.82. The zero-order chi connectivity index (χ0) is 10.7. The van der Waals surface area contributed by atoms with Crippen LogP contribution < -0.4 is 4.90 Å². The lowest BCUT2D eigenvalue weighted by Crippen LogP contribution is -2.33. The van der Waals surface area contributed by atoms with Crippen molar-refractivity contribution in [3.63, 3.8) is 0 Å². The van der Waals surface area contributed by atoms with Gasteiger partial charge in [-0.1, -0.05) is 0 Å². The van der Waals surface area contributed by atoms with Crippen molar-refractivity contribution in [2.24, 2.45) is 0 Å². The highest BCUT2D eigenvalue weighted by Crippen LogP contribution is 2.25. The lowest BCUT2D eigenvalue weighted by molar-refractivity contribution is 0.266. The number of hydrogen-bond acceptors (Lipinski definition) is 5. The Hall–Kier alpha value is -1.67. The van der Waals surface area contributed by atoms with E-state index in [0.717, 1.165) is 19.4 Å². The van der Waals surface area contributed by atoms with Crippen LogP contribution in [0.25, 0.3) is 0 Å². The first-order valence-corrected chi connectivity index (χ1v) is 4.96. The quantitative estimate of drug-likeness (QED) is 0.750. The molecule has 15 heavy (non-hydrogen) atoms. The van der Waals surface area contributed by atoms with Crippen LogP contribution in [0.2, 0.25) is 0 Å². The predicted molar refractivity (Wildman–Crippen MR) is 54.2 cm³/mol. The van der Waals surface area contributed by atoms with Crippen molar-refractivity contribution in [2.75, 3.05) is 18.1 Å². The smallest absolute Gasteiger partial charge is 0.169 e. The normalized spacial score (nSPS) is 20.3. The summed E-state index contributed by atoms with van der Waals surface area (Å²) in [5, 5.41) is 25.9. The molecule has 5 heteroatoms. The van der Waals surface area contributed by atoms with Crippen LogP contribution in [0.15, 0.2) is 12.3 Å². The molecule has 1 aliphatic rings. The molecule has 1 aromatic heterocycles. The number of hydrogen-bond donors (Lipinski definition) is 1. The highest BCUT2D eigenvalue weighted by Gasteiger charge is 2.26. The molecule has 1 N–H and O–H groups in total. The second-order valence-corrected chi connectivity index (χ2v) is 3.55. The molecule has 1 atom stereocenters. The molecule has 0 spiro atoms. The molecule has 0 aromatic carbocycles. The van der Waals surface area contributed by atoms with E-state index in [1.807, 2.05) is 4.90 Å². The summed E-state index contributed by atoms with van der Waals surface area (Å²) in [5.74, 6) is 0.594. The van der Waals surface area contributed by atoms with Crippen molar-refractivity contribution in [1.29, 1.82) is 5.26 Å². The fraction of sp³-hybridized carbons (Fsp3) is 0.500. The van der Waals surface area contributed by atoms with E-state index < -0.39 is 0 Å². The van der Waals surface area contributed by atoms with Crippen molar-refractivity contribution in [2.45, 2.75) is 18.9 Å². The average molecular weight is 204 g/mol. The van der Waals surface area contributed by atoms with Gasteiger partial charge in [-0.05, 0) is 18.9 Å². The Balaban J connectivity index is 2.33. The molecular weight excluding hydrogens is 192 g/mol. The Morgan fingerprint density at radius 3 is 3.27 bits per heavy atom. The largest absolute Gasteiger partial charge is 0.394 e. The monoisotopic (exact) mass is 204 g/mol. The molecule has 1 aromatic rings. The Morgan fingerprint density at radius 2 is 2.53 bits per heavy atom. The van der Waals surface area contributed by atoms with Gasteiger partial charge in [0.1, 0.15) is 6.07 Å². The molecule has 1 aliphatic heterocycles. The van der Waals surface area contributed by atoms with Crippen LogP contribution in [0.5, 0.6) is 0 Å². The first-order valence-electron chi connectivity index (χ1n) is 4.96. The highest BCUT2D eigenvalue weighted by molar-refractivity contribution is 5.53. The number of anilines is 1. The van der Waals surface area contributed by atoms with Crippen LogP contribution in [-0.4, -0.2) is 34.5 Å². The maximum Gasteiger partial charge on any atom is 0.169 e. The number of nitriles is 1. The van der Waals surface area contributed by atoms with E-state index in [4.69, 9.17) is 5.26 Å². The Labute approximate surface area is 88.0 Å². The van der Waals surface area contributed by atoms with Gasteiger partial charge in [0.05, 0.1) is 24.4 Å². The summed E-state index contributed by atoms with van der Waals surface area (Å²) in [6.45, 7) is 0.931. The summed E-state index contributed by atoms with van der Waals surface area (Å²) in [7, 11) is 0. The number of aromatic nitrogens is 2. The molecule has 2 rings (SSSR count). The maximum atomic E-state index is 9.19. The second-order valence-electron chi connectivity index (χ2n) is 3.55. The molecular formula is C10H12N4O. The number of rotatable bonds is 2. The third-order valence-corrected chi connectivity index (χ3v) is 2.68. The number of aliphatic hydroxyl groups is 1. The van der Waals surface area contributed by atoms with E-state index in [0.29, 0.717) is 11.4 Å². The number of aliphatic hydroxyl groups excluding tert-OH is 1. The molecule has 78 valence electrons. The zero-order valence-electron chi connectivity index (χ0n) is 8.30. The molecule has 0 aliphatic carbocycles. The third-order valence-electron chi connectivity index (χ3n) is 2.68. The van der Waals surface area contributed by atoms with Gasteiger partial charge in [-0.3, -0.25) is 0 Å². The highest BCUT2D eigenvalue weighted by atomic mass is 16.3. The molecule has 0 bridgehead atoms. The third kappa shape index (κ3) is 1.76. The fourth-order valence-corrected chi connectivity index (χ4v) is 1.93. The van der Waals surface area contributed by atoms with Gasteiger partial charge < -0.3 is 10.0 Å². The summed E-state index contributed by atoms with van der Waals surface area (Å²) in [4.78, 5) is 1.96. The van der Waals surface area contributed by atoms with E-state index in [1.165, 1.54) is 6.20 Å². The van der Waals surface area contributed by atoms with E-state index in [2.05, 4.69) is 16.3 Å². The summed E-state index contributed by atoms with van der Waals surface area (Å²) in [6.07, 6.45) is 3.47. The van der Waals surface area contributed by atoms with Crippen molar-refractivity contribution >= 4 is 5.82 Å². The van der Waals surface area contributed by atoms with E-state index in [-0.39, 0.29) is 12.6 Å². The van der Waals surface area contributed by atoms with E-state index >= 15 is 0 Å². The van der Waals surface area contributed by atoms with Crippen LogP contribution in [0, 0.1) is 11.3 Å². The topological polar surface area (TPSA) is 73.0 Å². The minimum atomic E-state index is 0.0776. The second kappa shape index (κ2) is 4.24. The standard InChI is InChI=1S/C10H12N4O/c11-6-8-3-4-12-13-10(8)14-5-1-2-9(14)7-15/h3-4,9,15H,1-2,5,7H2. The Bertz CT molecular complexity index is 387. The molecule has 5 nitrogen and oxygen atoms in total. The first-order chi connectivity index (χ1) is 7.36. The summed E-state index contributed by atoms with van der Waals surface area (Å²) in [5.41, 5.74) is 0.519. The fourth-order valence-electron chi connectivity index (χ4n) is 1.93. The average Bonchev–Trinajstić information content (AvgIpc) is 2.76. The lowest BCUT2D eigenvalue weighted by atomic mass is 10.2. The van der Waals surface area contributed by atoms with Crippen molar-refractivity contribution in [3.8, 4) is 6.07 Å². The van der Waals surface area contributed by atoms with Gasteiger partial charge in [0.25, 0.3) is 0 Å². The Kier molecular flexibility index (Phi) is 2.79. The van der Waals surface area contributed by atoms with Crippen molar-refractivity contribution < 1.29 is 5.11 Å². The summed E-state index contributed by atoms with van der Waals surface area (Å²) >= 11 is 0. The number of nitrogens with zero attached hydrogens (tertiary/aromatic N) is 4. The van der Waals surface area contributed by atoms with Crippen LogP contribution in [0.1, 0.15) is 18.4 Å². The molecule has 0 saturated carbocycles. The summed E-state index contributed by atoms with van der Waals surface area (Å²) < 4.78 is 0. The minimum Gasteiger partial charge on any atom is -0.394 e. The molecule has 2 heterocycles. The zero-order valence-corrected chi connectivity index (χ0v) is 8.30. The molecule has 1 fully saturated rings. The van der Waals surface area contributed by atoms with Gasteiger partial charge in [-0.25, -0.2) is 0 Å². The van der Waals surface area contributed by atoms with Crippen molar-refractivity contribution in [3.05, 3.63) is 17.8 Å². The SMILES string of the molecule is N#Cc1ccnnc1N1CCCC1CO.